The number of phenols is 1. The van der Waals surface area contributed by atoms with Gasteiger partial charge in [-0.15, -0.1) is 0 Å². The van der Waals surface area contributed by atoms with Crippen LogP contribution in [0.25, 0.3) is 55.6 Å². The van der Waals surface area contributed by atoms with Crippen LogP contribution in [-0.4, -0.2) is 30.3 Å². The van der Waals surface area contributed by atoms with Crippen molar-refractivity contribution in [3.63, 3.8) is 0 Å². The number of aromatic hydroxyl groups is 1. The van der Waals surface area contributed by atoms with Crippen LogP contribution < -0.4 is 0 Å². The molecule has 4 aromatic heterocycles. The van der Waals surface area contributed by atoms with Gasteiger partial charge in [-0.2, -0.15) is 5.10 Å². The number of nitrogens with one attached hydrogen (secondary N) is 2. The molecular formula is C25H16FN5O. The summed E-state index contributed by atoms with van der Waals surface area (Å²) in [5.41, 5.74) is 6.58. The van der Waals surface area contributed by atoms with E-state index in [9.17, 15) is 9.50 Å². The van der Waals surface area contributed by atoms with E-state index >= 15 is 0 Å². The molecule has 6 aromatic rings. The summed E-state index contributed by atoms with van der Waals surface area (Å²) >= 11 is 0. The number of halogens is 1. The van der Waals surface area contributed by atoms with Crippen molar-refractivity contribution in [2.24, 2.45) is 0 Å². The topological polar surface area (TPSA) is 90.5 Å². The predicted octanol–water partition coefficient (Wildman–Crippen LogP) is 5.68. The van der Waals surface area contributed by atoms with Crippen molar-refractivity contribution in [1.82, 2.24) is 25.1 Å². The predicted molar refractivity (Wildman–Crippen MR) is 121 cm³/mol. The number of aromatic amines is 2. The SMILES string of the molecule is Oc1cc(F)cc(-c2nccc3[nH]c(-c4n[nH]c5ccc(-c6ccncc6)cc45)cc23)c1. The second kappa shape index (κ2) is 7.02. The first-order chi connectivity index (χ1) is 15.7. The molecule has 0 aliphatic rings. The quantitative estimate of drug-likeness (QED) is 0.343. The van der Waals surface area contributed by atoms with E-state index in [-0.39, 0.29) is 5.75 Å². The molecule has 0 atom stereocenters. The van der Waals surface area contributed by atoms with Crippen LogP contribution in [0.4, 0.5) is 4.39 Å². The number of rotatable bonds is 3. The van der Waals surface area contributed by atoms with Gasteiger partial charge in [-0.25, -0.2) is 4.39 Å². The molecule has 3 N–H and O–H groups in total. The average molecular weight is 421 g/mol. The summed E-state index contributed by atoms with van der Waals surface area (Å²) < 4.78 is 13.9. The number of hydrogen-bond acceptors (Lipinski definition) is 4. The van der Waals surface area contributed by atoms with Crippen LogP contribution in [0.1, 0.15) is 0 Å². The third kappa shape index (κ3) is 2.99. The van der Waals surface area contributed by atoms with E-state index in [4.69, 9.17) is 0 Å². The highest BCUT2D eigenvalue weighted by molar-refractivity contribution is 6.00. The summed E-state index contributed by atoms with van der Waals surface area (Å²) in [4.78, 5) is 11.9. The van der Waals surface area contributed by atoms with Crippen molar-refractivity contribution in [1.29, 1.82) is 0 Å². The zero-order valence-corrected chi connectivity index (χ0v) is 16.7. The number of hydrogen-bond donors (Lipinski definition) is 3. The van der Waals surface area contributed by atoms with Gasteiger partial charge >= 0.3 is 0 Å². The molecule has 0 unspecified atom stereocenters. The molecule has 0 saturated heterocycles. The van der Waals surface area contributed by atoms with Crippen molar-refractivity contribution in [3.8, 4) is 39.5 Å². The maximum absolute atomic E-state index is 13.9. The van der Waals surface area contributed by atoms with Crippen molar-refractivity contribution in [3.05, 3.63) is 85.1 Å². The van der Waals surface area contributed by atoms with E-state index in [1.807, 2.05) is 36.4 Å². The Labute approximate surface area is 181 Å². The molecule has 0 bridgehead atoms. The van der Waals surface area contributed by atoms with E-state index in [2.05, 4.69) is 31.2 Å². The summed E-state index contributed by atoms with van der Waals surface area (Å²) in [6.45, 7) is 0. The third-order valence-electron chi connectivity index (χ3n) is 5.54. The minimum absolute atomic E-state index is 0.142. The van der Waals surface area contributed by atoms with Gasteiger partial charge in [0.1, 0.15) is 17.3 Å². The number of aromatic nitrogens is 5. The molecule has 0 aliphatic carbocycles. The highest BCUT2D eigenvalue weighted by Gasteiger charge is 2.15. The Bertz CT molecular complexity index is 1580. The normalized spacial score (nSPS) is 11.4. The Morgan fingerprint density at radius 3 is 2.41 bits per heavy atom. The molecule has 154 valence electrons. The maximum Gasteiger partial charge on any atom is 0.127 e. The number of benzene rings is 2. The minimum atomic E-state index is -0.517. The number of nitrogens with zero attached hydrogens (tertiary/aromatic N) is 3. The van der Waals surface area contributed by atoms with Crippen LogP contribution in [0.5, 0.6) is 5.75 Å². The monoisotopic (exact) mass is 421 g/mol. The Morgan fingerprint density at radius 1 is 0.719 bits per heavy atom. The Kier molecular flexibility index (Phi) is 4.01. The second-order valence-corrected chi connectivity index (χ2v) is 7.57. The van der Waals surface area contributed by atoms with Crippen LogP contribution in [-0.2, 0) is 0 Å². The van der Waals surface area contributed by atoms with Gasteiger partial charge < -0.3 is 10.1 Å². The molecule has 2 aromatic carbocycles. The smallest absolute Gasteiger partial charge is 0.127 e. The van der Waals surface area contributed by atoms with Gasteiger partial charge in [-0.3, -0.25) is 15.1 Å². The molecule has 0 saturated carbocycles. The lowest BCUT2D eigenvalue weighted by molar-refractivity contribution is 0.469. The van der Waals surface area contributed by atoms with Crippen LogP contribution >= 0.6 is 0 Å². The standard InChI is InChI=1S/C25H16FN5O/c26-17-9-16(10-18(32)12-17)24-20-13-23(29-21(20)5-8-28-24)25-19-11-15(1-2-22(19)30-31-25)14-3-6-27-7-4-14/h1-13,29,32H,(H,30,31). The molecule has 0 radical (unpaired) electrons. The van der Waals surface area contributed by atoms with Gasteiger partial charge in [0.25, 0.3) is 0 Å². The fraction of sp³-hybridized carbons (Fsp3) is 0. The first-order valence-corrected chi connectivity index (χ1v) is 10.0. The van der Waals surface area contributed by atoms with Crippen LogP contribution in [0, 0.1) is 5.82 Å². The van der Waals surface area contributed by atoms with E-state index < -0.39 is 5.82 Å². The molecule has 4 heterocycles. The Balaban J connectivity index is 1.52. The fourth-order valence-corrected chi connectivity index (χ4v) is 4.07. The molecule has 6 nitrogen and oxygen atoms in total. The van der Waals surface area contributed by atoms with E-state index in [0.29, 0.717) is 11.3 Å². The van der Waals surface area contributed by atoms with Crippen molar-refractivity contribution < 1.29 is 9.50 Å². The van der Waals surface area contributed by atoms with Gasteiger partial charge in [0, 0.05) is 46.5 Å². The lowest BCUT2D eigenvalue weighted by Gasteiger charge is -2.03. The fourth-order valence-electron chi connectivity index (χ4n) is 4.07. The highest BCUT2D eigenvalue weighted by Crippen LogP contribution is 2.35. The minimum Gasteiger partial charge on any atom is -0.508 e. The number of H-pyrrole nitrogens is 2. The molecule has 0 spiro atoms. The first kappa shape index (κ1) is 18.3. The maximum atomic E-state index is 13.9. The first-order valence-electron chi connectivity index (χ1n) is 10.0. The van der Waals surface area contributed by atoms with Crippen molar-refractivity contribution in [2.75, 3.05) is 0 Å². The molecule has 32 heavy (non-hydrogen) atoms. The largest absolute Gasteiger partial charge is 0.508 e. The molecule has 6 rings (SSSR count). The molecular weight excluding hydrogens is 405 g/mol. The van der Waals surface area contributed by atoms with Crippen LogP contribution in [0.15, 0.2) is 79.3 Å². The van der Waals surface area contributed by atoms with E-state index in [1.165, 1.54) is 12.1 Å². The van der Waals surface area contributed by atoms with Crippen LogP contribution in [0.2, 0.25) is 0 Å². The Morgan fingerprint density at radius 2 is 1.56 bits per heavy atom. The zero-order chi connectivity index (χ0) is 21.7. The third-order valence-corrected chi connectivity index (χ3v) is 5.54. The molecule has 0 amide bonds. The lowest BCUT2D eigenvalue weighted by atomic mass is 10.0. The molecule has 7 heteroatoms. The Hall–Kier alpha value is -4.52. The number of pyridine rings is 2. The summed E-state index contributed by atoms with van der Waals surface area (Å²) in [5.74, 6) is -0.659. The van der Waals surface area contributed by atoms with Crippen LogP contribution in [0.3, 0.4) is 0 Å². The summed E-state index contributed by atoms with van der Waals surface area (Å²) in [6.07, 6.45) is 5.20. The molecule has 0 aliphatic heterocycles. The number of phenolic OH excluding ortho intramolecular Hbond substituents is 1. The lowest BCUT2D eigenvalue weighted by Crippen LogP contribution is -1.85. The van der Waals surface area contributed by atoms with Gasteiger partial charge in [0.15, 0.2) is 0 Å². The van der Waals surface area contributed by atoms with Gasteiger partial charge in [-0.05, 0) is 59.7 Å². The summed E-state index contributed by atoms with van der Waals surface area (Å²) in [5, 5.41) is 19.2. The van der Waals surface area contributed by atoms with Gasteiger partial charge in [0.05, 0.1) is 16.9 Å². The van der Waals surface area contributed by atoms with E-state index in [1.54, 1.807) is 18.6 Å². The van der Waals surface area contributed by atoms with Gasteiger partial charge in [-0.1, -0.05) is 6.07 Å². The average Bonchev–Trinajstić information content (AvgIpc) is 3.42. The zero-order valence-electron chi connectivity index (χ0n) is 16.7. The number of fused-ring (bicyclic) bond motifs is 2. The van der Waals surface area contributed by atoms with E-state index in [0.717, 1.165) is 50.4 Å². The summed E-state index contributed by atoms with van der Waals surface area (Å²) in [6, 6.07) is 17.8. The van der Waals surface area contributed by atoms with Crippen molar-refractivity contribution >= 4 is 21.8 Å². The summed E-state index contributed by atoms with van der Waals surface area (Å²) in [7, 11) is 0. The second-order valence-electron chi connectivity index (χ2n) is 7.57. The highest BCUT2D eigenvalue weighted by atomic mass is 19.1. The molecule has 0 fully saturated rings. The van der Waals surface area contributed by atoms with Crippen molar-refractivity contribution in [2.45, 2.75) is 0 Å². The van der Waals surface area contributed by atoms with Gasteiger partial charge in [0.2, 0.25) is 0 Å².